The average Bonchev–Trinajstić information content (AvgIpc) is 3.11. The van der Waals surface area contributed by atoms with Crippen LogP contribution in [0.1, 0.15) is 33.4 Å². The van der Waals surface area contributed by atoms with Crippen LogP contribution >= 0.6 is 11.3 Å². The summed E-state index contributed by atoms with van der Waals surface area (Å²) in [6, 6.07) is 7.22. The summed E-state index contributed by atoms with van der Waals surface area (Å²) in [5.74, 6) is -0.147. The average molecular weight is 289 g/mol. The number of carbonyl (C=O) groups excluding carboxylic acids is 1. The highest BCUT2D eigenvalue weighted by Crippen LogP contribution is 2.29. The molecule has 0 aromatic carbocycles. The van der Waals surface area contributed by atoms with Gasteiger partial charge in [0.05, 0.1) is 10.6 Å². The zero-order chi connectivity index (χ0) is 13.9. The summed E-state index contributed by atoms with van der Waals surface area (Å²) < 4.78 is 0. The molecule has 1 atom stereocenters. The monoisotopic (exact) mass is 289 g/mol. The molecule has 1 aliphatic heterocycles. The summed E-state index contributed by atoms with van der Waals surface area (Å²) in [4.78, 5) is 27.5. The number of anilines is 1. The van der Waals surface area contributed by atoms with Crippen LogP contribution in [-0.2, 0) is 0 Å². The standard InChI is InChI=1S/C14H15N3O2S/c18-13-6-3-9(8-16-13)17-14(19)12-5-4-11(20-12)10-2-1-7-15-10/h3-6,8,10,15H,1-2,7H2,(H,16,18)(H,17,19). The molecule has 6 heteroatoms. The van der Waals surface area contributed by atoms with E-state index in [9.17, 15) is 9.59 Å². The molecule has 5 nitrogen and oxygen atoms in total. The van der Waals surface area contributed by atoms with E-state index in [0.29, 0.717) is 16.6 Å². The van der Waals surface area contributed by atoms with Crippen molar-refractivity contribution in [2.75, 3.05) is 11.9 Å². The lowest BCUT2D eigenvalue weighted by Crippen LogP contribution is -2.12. The van der Waals surface area contributed by atoms with Gasteiger partial charge in [-0.3, -0.25) is 9.59 Å². The third kappa shape index (κ3) is 2.81. The van der Waals surface area contributed by atoms with Crippen molar-refractivity contribution in [3.63, 3.8) is 0 Å². The number of pyridine rings is 1. The number of aromatic amines is 1. The van der Waals surface area contributed by atoms with Crippen molar-refractivity contribution in [3.05, 3.63) is 50.6 Å². The van der Waals surface area contributed by atoms with Crippen molar-refractivity contribution in [3.8, 4) is 0 Å². The molecule has 1 amide bonds. The molecule has 104 valence electrons. The highest BCUT2D eigenvalue weighted by molar-refractivity contribution is 7.14. The second kappa shape index (κ2) is 5.60. The lowest BCUT2D eigenvalue weighted by Gasteiger charge is -2.06. The van der Waals surface area contributed by atoms with Crippen LogP contribution in [0.25, 0.3) is 0 Å². The number of aromatic nitrogens is 1. The van der Waals surface area contributed by atoms with E-state index in [4.69, 9.17) is 0 Å². The molecule has 0 saturated carbocycles. The van der Waals surface area contributed by atoms with Crippen molar-refractivity contribution in [1.82, 2.24) is 10.3 Å². The van der Waals surface area contributed by atoms with Crippen molar-refractivity contribution in [2.24, 2.45) is 0 Å². The van der Waals surface area contributed by atoms with Gasteiger partial charge >= 0.3 is 0 Å². The van der Waals surface area contributed by atoms with Crippen LogP contribution in [-0.4, -0.2) is 17.4 Å². The molecule has 0 bridgehead atoms. The lowest BCUT2D eigenvalue weighted by molar-refractivity contribution is 0.103. The molecule has 3 heterocycles. The Morgan fingerprint density at radius 1 is 1.30 bits per heavy atom. The van der Waals surface area contributed by atoms with E-state index in [2.05, 4.69) is 15.6 Å². The minimum atomic E-state index is -0.186. The summed E-state index contributed by atoms with van der Waals surface area (Å²) in [5.41, 5.74) is 0.400. The fraction of sp³-hybridized carbons (Fsp3) is 0.286. The van der Waals surface area contributed by atoms with E-state index >= 15 is 0 Å². The Morgan fingerprint density at radius 3 is 2.90 bits per heavy atom. The van der Waals surface area contributed by atoms with Crippen LogP contribution in [0.4, 0.5) is 5.69 Å². The van der Waals surface area contributed by atoms with Gasteiger partial charge < -0.3 is 15.6 Å². The van der Waals surface area contributed by atoms with Gasteiger partial charge in [-0.2, -0.15) is 0 Å². The number of thiophene rings is 1. The summed E-state index contributed by atoms with van der Waals surface area (Å²) in [6.07, 6.45) is 3.80. The SMILES string of the molecule is O=C(Nc1ccc(=O)[nH]c1)c1ccc(C2CCCN2)s1. The Kier molecular flexibility index (Phi) is 3.66. The van der Waals surface area contributed by atoms with Crippen molar-refractivity contribution in [2.45, 2.75) is 18.9 Å². The second-order valence-corrected chi connectivity index (χ2v) is 5.86. The molecule has 1 unspecified atom stereocenters. The molecule has 2 aromatic heterocycles. The molecule has 0 aliphatic carbocycles. The minimum absolute atomic E-state index is 0.147. The van der Waals surface area contributed by atoms with Gasteiger partial charge in [-0.05, 0) is 37.6 Å². The zero-order valence-corrected chi connectivity index (χ0v) is 11.6. The Balaban J connectivity index is 1.70. The summed E-state index contributed by atoms with van der Waals surface area (Å²) in [6.45, 7) is 1.04. The Morgan fingerprint density at radius 2 is 2.20 bits per heavy atom. The number of nitrogens with one attached hydrogen (secondary N) is 3. The van der Waals surface area contributed by atoms with Crippen molar-refractivity contribution in [1.29, 1.82) is 0 Å². The van der Waals surface area contributed by atoms with E-state index in [0.717, 1.165) is 13.0 Å². The van der Waals surface area contributed by atoms with Gasteiger partial charge in [-0.15, -0.1) is 11.3 Å². The molecule has 3 rings (SSSR count). The van der Waals surface area contributed by atoms with Gasteiger partial charge in [0, 0.05) is 23.2 Å². The van der Waals surface area contributed by atoms with Crippen LogP contribution in [0.5, 0.6) is 0 Å². The first-order valence-electron chi connectivity index (χ1n) is 6.55. The quantitative estimate of drug-likeness (QED) is 0.810. The van der Waals surface area contributed by atoms with E-state index in [1.165, 1.54) is 34.9 Å². The van der Waals surface area contributed by atoms with Crippen LogP contribution in [0, 0.1) is 0 Å². The maximum Gasteiger partial charge on any atom is 0.265 e. The van der Waals surface area contributed by atoms with Crippen LogP contribution < -0.4 is 16.2 Å². The van der Waals surface area contributed by atoms with Crippen molar-refractivity contribution >= 4 is 22.9 Å². The normalized spacial score (nSPS) is 18.1. The lowest BCUT2D eigenvalue weighted by atomic mass is 10.2. The fourth-order valence-corrected chi connectivity index (χ4v) is 3.28. The van der Waals surface area contributed by atoms with Gasteiger partial charge in [0.15, 0.2) is 0 Å². The largest absolute Gasteiger partial charge is 0.327 e. The van der Waals surface area contributed by atoms with Gasteiger partial charge in [-0.25, -0.2) is 0 Å². The maximum absolute atomic E-state index is 12.1. The second-order valence-electron chi connectivity index (χ2n) is 4.75. The van der Waals surface area contributed by atoms with Gasteiger partial charge in [-0.1, -0.05) is 0 Å². The first-order valence-corrected chi connectivity index (χ1v) is 7.37. The van der Waals surface area contributed by atoms with E-state index in [1.807, 2.05) is 12.1 Å². The van der Waals surface area contributed by atoms with Crippen molar-refractivity contribution < 1.29 is 4.79 Å². The number of carbonyl (C=O) groups is 1. The predicted molar refractivity (Wildman–Crippen MR) is 79.3 cm³/mol. The molecule has 1 aliphatic rings. The highest BCUT2D eigenvalue weighted by atomic mass is 32.1. The van der Waals surface area contributed by atoms with Gasteiger partial charge in [0.2, 0.25) is 5.56 Å². The number of hydrogen-bond acceptors (Lipinski definition) is 4. The number of amides is 1. The smallest absolute Gasteiger partial charge is 0.265 e. The molecule has 0 radical (unpaired) electrons. The third-order valence-corrected chi connectivity index (χ3v) is 4.49. The predicted octanol–water partition coefficient (Wildman–Crippen LogP) is 2.11. The molecule has 20 heavy (non-hydrogen) atoms. The van der Waals surface area contributed by atoms with Gasteiger partial charge in [0.25, 0.3) is 5.91 Å². The Labute approximate surface area is 120 Å². The summed E-state index contributed by atoms with van der Waals surface area (Å²) in [5, 5.41) is 6.19. The Hall–Kier alpha value is -1.92. The number of rotatable bonds is 3. The number of H-pyrrole nitrogens is 1. The molecule has 1 fully saturated rings. The topological polar surface area (TPSA) is 74.0 Å². The molecule has 0 spiro atoms. The van der Waals surface area contributed by atoms with E-state index < -0.39 is 0 Å². The van der Waals surface area contributed by atoms with Crippen LogP contribution in [0.2, 0.25) is 0 Å². The summed E-state index contributed by atoms with van der Waals surface area (Å²) in [7, 11) is 0. The van der Waals surface area contributed by atoms with Gasteiger partial charge in [0.1, 0.15) is 0 Å². The van der Waals surface area contributed by atoms with E-state index in [1.54, 1.807) is 6.07 Å². The van der Waals surface area contributed by atoms with Crippen LogP contribution in [0.3, 0.4) is 0 Å². The molecule has 1 saturated heterocycles. The highest BCUT2D eigenvalue weighted by Gasteiger charge is 2.19. The fourth-order valence-electron chi connectivity index (χ4n) is 2.27. The zero-order valence-electron chi connectivity index (χ0n) is 10.8. The summed E-state index contributed by atoms with van der Waals surface area (Å²) >= 11 is 1.51. The molecular weight excluding hydrogens is 274 g/mol. The first kappa shape index (κ1) is 13.1. The van der Waals surface area contributed by atoms with Crippen LogP contribution in [0.15, 0.2) is 35.3 Å². The molecule has 2 aromatic rings. The maximum atomic E-state index is 12.1. The first-order chi connectivity index (χ1) is 9.72. The van der Waals surface area contributed by atoms with E-state index in [-0.39, 0.29) is 11.5 Å². The number of hydrogen-bond donors (Lipinski definition) is 3. The Bertz CT molecular complexity index is 651. The minimum Gasteiger partial charge on any atom is -0.327 e. The molecule has 3 N–H and O–H groups in total. The molecular formula is C14H15N3O2S. The third-order valence-electron chi connectivity index (χ3n) is 3.30.